The Bertz CT molecular complexity index is 849. The molecule has 1 amide bonds. The van der Waals surface area contributed by atoms with Gasteiger partial charge in [-0.25, -0.2) is 4.68 Å². The van der Waals surface area contributed by atoms with E-state index in [0.29, 0.717) is 11.6 Å². The number of aryl methyl sites for hydroxylation is 1. The van der Waals surface area contributed by atoms with Gasteiger partial charge in [-0.05, 0) is 43.5 Å². The molecule has 6 nitrogen and oxygen atoms in total. The fraction of sp³-hybridized carbons (Fsp3) is 0.389. The number of piperidine rings is 1. The first-order valence-electron chi connectivity index (χ1n) is 8.31. The van der Waals surface area contributed by atoms with Gasteiger partial charge in [0.25, 0.3) is 5.56 Å². The topological polar surface area (TPSA) is 67.2 Å². The van der Waals surface area contributed by atoms with Gasteiger partial charge in [0.1, 0.15) is 5.82 Å². The quantitative estimate of drug-likeness (QED) is 0.913. The van der Waals surface area contributed by atoms with Crippen molar-refractivity contribution in [1.29, 1.82) is 0 Å². The molecule has 0 unspecified atom stereocenters. The van der Waals surface area contributed by atoms with Gasteiger partial charge in [-0.2, -0.15) is 5.10 Å². The molecule has 25 heavy (non-hydrogen) atoms. The number of benzene rings is 1. The fourth-order valence-electron chi connectivity index (χ4n) is 3.04. The first kappa shape index (κ1) is 17.5. The van der Waals surface area contributed by atoms with Gasteiger partial charge in [0, 0.05) is 36.9 Å². The molecule has 0 spiro atoms. The first-order valence-corrected chi connectivity index (χ1v) is 8.69. The van der Waals surface area contributed by atoms with E-state index in [9.17, 15) is 9.59 Å². The maximum absolute atomic E-state index is 12.7. The molecule has 0 radical (unpaired) electrons. The molecule has 2 heterocycles. The summed E-state index contributed by atoms with van der Waals surface area (Å²) >= 11 is 6.12. The normalized spacial score (nSPS) is 17.4. The number of rotatable bonds is 3. The zero-order valence-corrected chi connectivity index (χ0v) is 15.1. The van der Waals surface area contributed by atoms with E-state index in [1.807, 2.05) is 19.1 Å². The molecule has 1 aromatic carbocycles. The molecule has 2 aromatic rings. The molecule has 1 aliphatic rings. The van der Waals surface area contributed by atoms with Crippen LogP contribution in [-0.2, 0) is 11.8 Å². The summed E-state index contributed by atoms with van der Waals surface area (Å²) in [6, 6.07) is 8.70. The van der Waals surface area contributed by atoms with Crippen molar-refractivity contribution in [1.82, 2.24) is 9.78 Å². The van der Waals surface area contributed by atoms with E-state index in [1.54, 1.807) is 19.2 Å². The highest BCUT2D eigenvalue weighted by atomic mass is 35.5. The lowest BCUT2D eigenvalue weighted by Crippen LogP contribution is -2.41. The smallest absolute Gasteiger partial charge is 0.266 e. The number of hydrogen-bond donors (Lipinski definition) is 1. The molecule has 1 fully saturated rings. The van der Waals surface area contributed by atoms with Crippen LogP contribution in [0.3, 0.4) is 0 Å². The largest absolute Gasteiger partial charge is 0.354 e. The van der Waals surface area contributed by atoms with Gasteiger partial charge in [-0.15, -0.1) is 0 Å². The van der Waals surface area contributed by atoms with Gasteiger partial charge in [0.2, 0.25) is 5.91 Å². The van der Waals surface area contributed by atoms with Crippen LogP contribution in [-0.4, -0.2) is 28.8 Å². The fourth-order valence-corrected chi connectivity index (χ4v) is 3.21. The van der Waals surface area contributed by atoms with Crippen molar-refractivity contribution >= 4 is 29.0 Å². The summed E-state index contributed by atoms with van der Waals surface area (Å²) in [5, 5.41) is 7.90. The van der Waals surface area contributed by atoms with E-state index in [2.05, 4.69) is 15.3 Å². The Morgan fingerprint density at radius 2 is 2.12 bits per heavy atom. The number of aromatic nitrogens is 2. The Morgan fingerprint density at radius 3 is 2.88 bits per heavy atom. The molecule has 132 valence electrons. The lowest BCUT2D eigenvalue weighted by atomic mass is 9.97. The monoisotopic (exact) mass is 360 g/mol. The number of hydrogen-bond acceptors (Lipinski definition) is 4. The molecular formula is C18H21ClN4O2. The maximum Gasteiger partial charge on any atom is 0.266 e. The van der Waals surface area contributed by atoms with Crippen molar-refractivity contribution in [2.75, 3.05) is 23.3 Å². The summed E-state index contributed by atoms with van der Waals surface area (Å²) in [5.41, 5.74) is 1.46. The molecule has 0 bridgehead atoms. The van der Waals surface area contributed by atoms with Gasteiger partial charge >= 0.3 is 0 Å². The van der Waals surface area contributed by atoms with Gasteiger partial charge in [0.05, 0.1) is 5.92 Å². The van der Waals surface area contributed by atoms with E-state index in [0.717, 1.165) is 36.5 Å². The lowest BCUT2D eigenvalue weighted by Gasteiger charge is -2.32. The Hall–Kier alpha value is -2.34. The van der Waals surface area contributed by atoms with Crippen LogP contribution in [0.5, 0.6) is 0 Å². The average molecular weight is 361 g/mol. The second-order valence-corrected chi connectivity index (χ2v) is 6.75. The van der Waals surface area contributed by atoms with Crippen LogP contribution in [0.2, 0.25) is 5.02 Å². The van der Waals surface area contributed by atoms with Crippen molar-refractivity contribution in [3.63, 3.8) is 0 Å². The van der Waals surface area contributed by atoms with E-state index >= 15 is 0 Å². The molecule has 1 saturated heterocycles. The minimum atomic E-state index is -0.147. The minimum Gasteiger partial charge on any atom is -0.354 e. The van der Waals surface area contributed by atoms with Crippen molar-refractivity contribution < 1.29 is 4.79 Å². The van der Waals surface area contributed by atoms with Gasteiger partial charge in [0.15, 0.2) is 0 Å². The predicted molar refractivity (Wildman–Crippen MR) is 99.2 cm³/mol. The number of halogens is 1. The third kappa shape index (κ3) is 3.85. The number of carbonyl (C=O) groups excluding carboxylic acids is 1. The summed E-state index contributed by atoms with van der Waals surface area (Å²) < 4.78 is 1.31. The molecular weight excluding hydrogens is 340 g/mol. The predicted octanol–water partition coefficient (Wildman–Crippen LogP) is 2.60. The van der Waals surface area contributed by atoms with Gasteiger partial charge in [-0.3, -0.25) is 9.59 Å². The number of carbonyl (C=O) groups is 1. The molecule has 1 N–H and O–H groups in total. The molecule has 0 saturated carbocycles. The molecule has 7 heteroatoms. The molecule has 1 aromatic heterocycles. The van der Waals surface area contributed by atoms with E-state index < -0.39 is 0 Å². The Labute approximate surface area is 151 Å². The van der Waals surface area contributed by atoms with Crippen molar-refractivity contribution in [3.05, 3.63) is 51.3 Å². The summed E-state index contributed by atoms with van der Waals surface area (Å²) in [6.07, 6.45) is 1.73. The summed E-state index contributed by atoms with van der Waals surface area (Å²) in [4.78, 5) is 26.2. The third-order valence-electron chi connectivity index (χ3n) is 4.59. The number of amides is 1. The highest BCUT2D eigenvalue weighted by molar-refractivity contribution is 6.31. The van der Waals surface area contributed by atoms with Crippen LogP contribution in [0.1, 0.15) is 18.4 Å². The maximum atomic E-state index is 12.7. The molecule has 3 rings (SSSR count). The van der Waals surface area contributed by atoms with Gasteiger partial charge < -0.3 is 10.2 Å². The van der Waals surface area contributed by atoms with Crippen LogP contribution >= 0.6 is 11.6 Å². The zero-order chi connectivity index (χ0) is 18.0. The van der Waals surface area contributed by atoms with Crippen molar-refractivity contribution in [3.8, 4) is 0 Å². The highest BCUT2D eigenvalue weighted by Crippen LogP contribution is 2.26. The van der Waals surface area contributed by atoms with Gasteiger partial charge in [-0.1, -0.05) is 17.7 Å². The Balaban J connectivity index is 1.72. The van der Waals surface area contributed by atoms with Crippen molar-refractivity contribution in [2.24, 2.45) is 13.0 Å². The lowest BCUT2D eigenvalue weighted by molar-refractivity contribution is -0.120. The summed E-state index contributed by atoms with van der Waals surface area (Å²) in [5.74, 6) is 0.574. The van der Waals surface area contributed by atoms with Crippen LogP contribution in [0.15, 0.2) is 35.1 Å². The third-order valence-corrected chi connectivity index (χ3v) is 5.00. The second-order valence-electron chi connectivity index (χ2n) is 6.34. The highest BCUT2D eigenvalue weighted by Gasteiger charge is 2.27. The van der Waals surface area contributed by atoms with Crippen LogP contribution in [0.4, 0.5) is 11.5 Å². The first-order chi connectivity index (χ1) is 12.0. The van der Waals surface area contributed by atoms with Crippen molar-refractivity contribution in [2.45, 2.75) is 19.8 Å². The number of nitrogens with one attached hydrogen (secondary N) is 1. The summed E-state index contributed by atoms with van der Waals surface area (Å²) in [6.45, 7) is 3.29. The SMILES string of the molecule is Cc1c(Cl)cccc1NC(=O)[C@@H]1CCCN(c2ccc(=O)n(C)n2)C1. The van der Waals surface area contributed by atoms with Crippen LogP contribution in [0, 0.1) is 12.8 Å². The average Bonchev–Trinajstić information content (AvgIpc) is 2.61. The molecule has 1 aliphatic heterocycles. The summed E-state index contributed by atoms with van der Waals surface area (Å²) in [7, 11) is 1.63. The van der Waals surface area contributed by atoms with E-state index in [-0.39, 0.29) is 17.4 Å². The van der Waals surface area contributed by atoms with Crippen LogP contribution < -0.4 is 15.8 Å². The van der Waals surface area contributed by atoms with Crippen LogP contribution in [0.25, 0.3) is 0 Å². The number of anilines is 2. The van der Waals surface area contributed by atoms with E-state index in [4.69, 9.17) is 11.6 Å². The second kappa shape index (κ2) is 7.27. The minimum absolute atomic E-state index is 0.0140. The zero-order valence-electron chi connectivity index (χ0n) is 14.3. The standard InChI is InChI=1S/C18H21ClN4O2/c1-12-14(19)6-3-7-15(12)20-18(25)13-5-4-10-23(11-13)16-8-9-17(24)22(2)21-16/h3,6-9,13H,4-5,10-11H2,1-2H3,(H,20,25)/t13-/m1/s1. The number of nitrogens with zero attached hydrogens (tertiary/aromatic N) is 3. The van der Waals surface area contributed by atoms with E-state index in [1.165, 1.54) is 10.7 Å². The Kier molecular flexibility index (Phi) is 5.08. The molecule has 1 atom stereocenters. The molecule has 0 aliphatic carbocycles. The Morgan fingerprint density at radius 1 is 1.32 bits per heavy atom.